The highest BCUT2D eigenvalue weighted by Crippen LogP contribution is 2.35. The quantitative estimate of drug-likeness (QED) is 0.701. The molecule has 0 aromatic rings. The van der Waals surface area contributed by atoms with Gasteiger partial charge in [-0.3, -0.25) is 0 Å². The molecule has 0 spiro atoms. The molecule has 1 aliphatic heterocycles. The summed E-state index contributed by atoms with van der Waals surface area (Å²) in [5, 5.41) is 0. The standard InChI is InChI=1S/C12H23N.ClH/c1-2-3-8-13-9-11-6-4-5-7-12(11)10-13;/h11-12H,2-10H2,1H3;1H. The average Bonchev–Trinajstić information content (AvgIpc) is 2.57. The van der Waals surface area contributed by atoms with Crippen LogP contribution in [0, 0.1) is 11.8 Å². The van der Waals surface area contributed by atoms with Gasteiger partial charge in [0.05, 0.1) is 0 Å². The molecule has 0 aromatic heterocycles. The number of fused-ring (bicyclic) bond motifs is 1. The van der Waals surface area contributed by atoms with Crippen molar-refractivity contribution < 1.29 is 0 Å². The van der Waals surface area contributed by atoms with Crippen molar-refractivity contribution in [3.8, 4) is 0 Å². The van der Waals surface area contributed by atoms with Gasteiger partial charge in [0.1, 0.15) is 0 Å². The number of hydrogen-bond donors (Lipinski definition) is 0. The summed E-state index contributed by atoms with van der Waals surface area (Å²) in [7, 11) is 0. The highest BCUT2D eigenvalue weighted by atomic mass is 35.5. The zero-order valence-electron chi connectivity index (χ0n) is 9.37. The van der Waals surface area contributed by atoms with E-state index in [1.807, 2.05) is 0 Å². The second-order valence-corrected chi connectivity index (χ2v) is 4.92. The Morgan fingerprint density at radius 1 is 1.07 bits per heavy atom. The van der Waals surface area contributed by atoms with Gasteiger partial charge in [-0.2, -0.15) is 0 Å². The molecule has 14 heavy (non-hydrogen) atoms. The van der Waals surface area contributed by atoms with Gasteiger partial charge in [-0.25, -0.2) is 0 Å². The fraction of sp³-hybridized carbons (Fsp3) is 1.00. The molecule has 1 nitrogen and oxygen atoms in total. The van der Waals surface area contributed by atoms with E-state index in [4.69, 9.17) is 0 Å². The Balaban J connectivity index is 0.000000980. The van der Waals surface area contributed by atoms with E-state index >= 15 is 0 Å². The highest BCUT2D eigenvalue weighted by Gasteiger charge is 2.33. The van der Waals surface area contributed by atoms with Crippen LogP contribution in [0.5, 0.6) is 0 Å². The lowest BCUT2D eigenvalue weighted by Gasteiger charge is -2.23. The summed E-state index contributed by atoms with van der Waals surface area (Å²) in [6.07, 6.45) is 8.80. The Morgan fingerprint density at radius 2 is 1.64 bits per heavy atom. The molecule has 84 valence electrons. The molecule has 2 atom stereocenters. The summed E-state index contributed by atoms with van der Waals surface area (Å²) in [4.78, 5) is 2.71. The average molecular weight is 218 g/mol. The van der Waals surface area contributed by atoms with E-state index in [0.29, 0.717) is 0 Å². The first-order valence-corrected chi connectivity index (χ1v) is 6.12. The van der Waals surface area contributed by atoms with E-state index in [2.05, 4.69) is 11.8 Å². The summed E-state index contributed by atoms with van der Waals surface area (Å²) >= 11 is 0. The van der Waals surface area contributed by atoms with E-state index in [1.165, 1.54) is 58.2 Å². The van der Waals surface area contributed by atoms with Crippen LogP contribution in [0.1, 0.15) is 45.4 Å². The van der Waals surface area contributed by atoms with Gasteiger partial charge in [0, 0.05) is 13.1 Å². The zero-order valence-corrected chi connectivity index (χ0v) is 10.2. The van der Waals surface area contributed by atoms with Gasteiger partial charge in [0.2, 0.25) is 0 Å². The molecule has 0 aromatic carbocycles. The van der Waals surface area contributed by atoms with E-state index < -0.39 is 0 Å². The summed E-state index contributed by atoms with van der Waals surface area (Å²) in [5.41, 5.74) is 0. The summed E-state index contributed by atoms with van der Waals surface area (Å²) in [6, 6.07) is 0. The Labute approximate surface area is 94.7 Å². The van der Waals surface area contributed by atoms with Crippen molar-refractivity contribution >= 4 is 12.4 Å². The summed E-state index contributed by atoms with van der Waals surface area (Å²) < 4.78 is 0. The van der Waals surface area contributed by atoms with Crippen molar-refractivity contribution in [3.63, 3.8) is 0 Å². The van der Waals surface area contributed by atoms with Crippen molar-refractivity contribution in [3.05, 3.63) is 0 Å². The van der Waals surface area contributed by atoms with E-state index in [0.717, 1.165) is 11.8 Å². The molecule has 2 unspecified atom stereocenters. The number of rotatable bonds is 3. The number of nitrogens with zero attached hydrogens (tertiary/aromatic N) is 1. The van der Waals surface area contributed by atoms with Crippen LogP contribution in [0.3, 0.4) is 0 Å². The van der Waals surface area contributed by atoms with Gasteiger partial charge >= 0.3 is 0 Å². The minimum Gasteiger partial charge on any atom is -0.303 e. The second kappa shape index (κ2) is 5.97. The molecule has 1 heterocycles. The van der Waals surface area contributed by atoms with Gasteiger partial charge in [0.25, 0.3) is 0 Å². The lowest BCUT2D eigenvalue weighted by Crippen LogP contribution is -2.21. The zero-order chi connectivity index (χ0) is 9.10. The van der Waals surface area contributed by atoms with Gasteiger partial charge in [-0.05, 0) is 37.6 Å². The molecular formula is C12H24ClN. The van der Waals surface area contributed by atoms with Crippen molar-refractivity contribution in [1.82, 2.24) is 4.90 Å². The third kappa shape index (κ3) is 2.87. The molecule has 2 fully saturated rings. The molecule has 1 saturated heterocycles. The van der Waals surface area contributed by atoms with Crippen molar-refractivity contribution in [2.45, 2.75) is 45.4 Å². The van der Waals surface area contributed by atoms with E-state index in [-0.39, 0.29) is 12.4 Å². The van der Waals surface area contributed by atoms with Crippen LogP contribution in [0.25, 0.3) is 0 Å². The Kier molecular flexibility index (Phi) is 5.25. The van der Waals surface area contributed by atoms with Crippen molar-refractivity contribution in [2.75, 3.05) is 19.6 Å². The molecule has 2 rings (SSSR count). The molecule has 2 heteroatoms. The van der Waals surface area contributed by atoms with Gasteiger partial charge in [0.15, 0.2) is 0 Å². The summed E-state index contributed by atoms with van der Waals surface area (Å²) in [5.74, 6) is 2.15. The third-order valence-corrected chi connectivity index (χ3v) is 3.88. The fourth-order valence-corrected chi connectivity index (χ4v) is 3.07. The predicted molar refractivity (Wildman–Crippen MR) is 64.0 cm³/mol. The second-order valence-electron chi connectivity index (χ2n) is 4.92. The highest BCUT2D eigenvalue weighted by molar-refractivity contribution is 5.85. The van der Waals surface area contributed by atoms with Gasteiger partial charge in [-0.1, -0.05) is 26.2 Å². The molecule has 0 bridgehead atoms. The normalized spacial score (nSPS) is 32.4. The fourth-order valence-electron chi connectivity index (χ4n) is 3.07. The number of unbranched alkanes of at least 4 members (excludes halogenated alkanes) is 1. The Morgan fingerprint density at radius 3 is 2.14 bits per heavy atom. The van der Waals surface area contributed by atoms with E-state index in [9.17, 15) is 0 Å². The lowest BCUT2D eigenvalue weighted by atomic mass is 9.82. The van der Waals surface area contributed by atoms with Gasteiger partial charge in [-0.15, -0.1) is 12.4 Å². The van der Waals surface area contributed by atoms with Crippen molar-refractivity contribution in [1.29, 1.82) is 0 Å². The monoisotopic (exact) mass is 217 g/mol. The number of hydrogen-bond acceptors (Lipinski definition) is 1. The first-order chi connectivity index (χ1) is 6.40. The van der Waals surface area contributed by atoms with Gasteiger partial charge < -0.3 is 4.90 Å². The van der Waals surface area contributed by atoms with Crippen LogP contribution < -0.4 is 0 Å². The summed E-state index contributed by atoms with van der Waals surface area (Å²) in [6.45, 7) is 6.50. The number of likely N-dealkylation sites (tertiary alicyclic amines) is 1. The van der Waals surface area contributed by atoms with Crippen LogP contribution in [-0.2, 0) is 0 Å². The molecule has 1 saturated carbocycles. The first-order valence-electron chi connectivity index (χ1n) is 6.12. The number of halogens is 1. The maximum absolute atomic E-state index is 2.71. The van der Waals surface area contributed by atoms with Crippen LogP contribution in [0.15, 0.2) is 0 Å². The van der Waals surface area contributed by atoms with Crippen LogP contribution in [0.2, 0.25) is 0 Å². The smallest absolute Gasteiger partial charge is 0.00129 e. The maximum Gasteiger partial charge on any atom is 0.00129 e. The molecule has 2 aliphatic rings. The SMILES string of the molecule is CCCCN1CC2CCCCC2C1.Cl. The molecule has 1 aliphatic carbocycles. The van der Waals surface area contributed by atoms with E-state index in [1.54, 1.807) is 0 Å². The third-order valence-electron chi connectivity index (χ3n) is 3.88. The van der Waals surface area contributed by atoms with Crippen LogP contribution in [0.4, 0.5) is 0 Å². The maximum atomic E-state index is 2.71. The topological polar surface area (TPSA) is 3.24 Å². The Hall–Kier alpha value is 0.250. The largest absolute Gasteiger partial charge is 0.303 e. The molecular weight excluding hydrogens is 194 g/mol. The minimum atomic E-state index is 0. The van der Waals surface area contributed by atoms with Crippen LogP contribution >= 0.6 is 12.4 Å². The Bertz CT molecular complexity index is 146. The lowest BCUT2D eigenvalue weighted by molar-refractivity contribution is 0.299. The molecule has 0 radical (unpaired) electrons. The van der Waals surface area contributed by atoms with Crippen molar-refractivity contribution in [2.24, 2.45) is 11.8 Å². The van der Waals surface area contributed by atoms with Crippen LogP contribution in [-0.4, -0.2) is 24.5 Å². The minimum absolute atomic E-state index is 0. The molecule has 0 amide bonds. The molecule has 0 N–H and O–H groups in total. The predicted octanol–water partition coefficient (Wildman–Crippen LogP) is 3.33. The first kappa shape index (κ1) is 12.3.